The van der Waals surface area contributed by atoms with Crippen molar-refractivity contribution in [2.75, 3.05) is 0 Å². The highest BCUT2D eigenvalue weighted by Gasteiger charge is 2.26. The van der Waals surface area contributed by atoms with E-state index in [1.165, 1.54) is 19.3 Å². The van der Waals surface area contributed by atoms with Crippen molar-refractivity contribution in [1.29, 1.82) is 0 Å². The van der Waals surface area contributed by atoms with Gasteiger partial charge in [-0.05, 0) is 38.0 Å². The topological polar surface area (TPSA) is 68.0 Å². The summed E-state index contributed by atoms with van der Waals surface area (Å²) in [5, 5.41) is 17.1. The quantitative estimate of drug-likeness (QED) is 0.888. The monoisotopic (exact) mass is 265 g/mol. The van der Waals surface area contributed by atoms with Crippen LogP contribution >= 0.6 is 0 Å². The van der Waals surface area contributed by atoms with Crippen molar-refractivity contribution < 1.29 is 9.90 Å². The fourth-order valence-corrected chi connectivity index (χ4v) is 3.04. The summed E-state index contributed by atoms with van der Waals surface area (Å²) in [7, 11) is 0. The van der Waals surface area contributed by atoms with Crippen molar-refractivity contribution in [3.63, 3.8) is 0 Å². The van der Waals surface area contributed by atoms with Crippen LogP contribution in [0.4, 0.5) is 0 Å². The van der Waals surface area contributed by atoms with E-state index in [4.69, 9.17) is 5.11 Å². The van der Waals surface area contributed by atoms with E-state index in [9.17, 15) is 4.79 Å². The lowest BCUT2D eigenvalue weighted by atomic mass is 9.84. The average molecular weight is 265 g/mol. The molecule has 0 aromatic carbocycles. The zero-order valence-corrected chi connectivity index (χ0v) is 11.8. The number of carboxylic acid groups (broad SMARTS) is 1. The lowest BCUT2D eigenvalue weighted by molar-refractivity contribution is 0.0689. The third-order valence-electron chi connectivity index (χ3n) is 4.22. The average Bonchev–Trinajstić information content (AvgIpc) is 2.83. The van der Waals surface area contributed by atoms with E-state index < -0.39 is 5.97 Å². The summed E-state index contributed by atoms with van der Waals surface area (Å²) >= 11 is 0. The van der Waals surface area contributed by atoms with Gasteiger partial charge in [-0.1, -0.05) is 31.9 Å². The maximum absolute atomic E-state index is 11.2. The van der Waals surface area contributed by atoms with E-state index in [0.29, 0.717) is 6.04 Å². The van der Waals surface area contributed by atoms with Gasteiger partial charge in [0.1, 0.15) is 0 Å². The Kier molecular flexibility index (Phi) is 4.56. The molecule has 5 nitrogen and oxygen atoms in total. The fraction of sp³-hybridized carbons (Fsp3) is 0.786. The van der Waals surface area contributed by atoms with E-state index in [1.54, 1.807) is 0 Å². The number of carboxylic acids is 1. The van der Waals surface area contributed by atoms with Crippen molar-refractivity contribution in [3.05, 3.63) is 11.4 Å². The van der Waals surface area contributed by atoms with Crippen molar-refractivity contribution in [2.24, 2.45) is 5.92 Å². The molecular weight excluding hydrogens is 242 g/mol. The molecule has 0 aliphatic heterocycles. The van der Waals surface area contributed by atoms with Crippen LogP contribution in [-0.4, -0.2) is 26.1 Å². The van der Waals surface area contributed by atoms with Gasteiger partial charge >= 0.3 is 5.97 Å². The number of hydrogen-bond acceptors (Lipinski definition) is 3. The van der Waals surface area contributed by atoms with Crippen molar-refractivity contribution >= 4 is 5.97 Å². The molecule has 106 valence electrons. The number of carbonyl (C=O) groups is 1. The minimum Gasteiger partial charge on any atom is -0.476 e. The Labute approximate surface area is 114 Å². The molecule has 0 amide bonds. The van der Waals surface area contributed by atoms with E-state index in [1.807, 2.05) is 4.68 Å². The van der Waals surface area contributed by atoms with Crippen LogP contribution < -0.4 is 0 Å². The van der Waals surface area contributed by atoms with Crippen LogP contribution in [0.2, 0.25) is 0 Å². The van der Waals surface area contributed by atoms with Gasteiger partial charge in [-0.3, -0.25) is 0 Å². The second-order valence-corrected chi connectivity index (χ2v) is 5.47. The molecule has 1 aliphatic carbocycles. The molecule has 1 heterocycles. The molecule has 0 atom stereocenters. The van der Waals surface area contributed by atoms with Crippen LogP contribution in [0.3, 0.4) is 0 Å². The van der Waals surface area contributed by atoms with E-state index in [0.717, 1.165) is 37.3 Å². The standard InChI is InChI=1S/C14H23N3O2/c1-3-5-12-13(14(18)19)15-16-17(12)11-8-6-10(4-2)7-9-11/h10-11H,3-9H2,1-2H3,(H,18,19). The number of nitrogens with zero attached hydrogens (tertiary/aromatic N) is 3. The Morgan fingerprint density at radius 3 is 2.53 bits per heavy atom. The summed E-state index contributed by atoms with van der Waals surface area (Å²) in [6, 6.07) is 0.338. The second-order valence-electron chi connectivity index (χ2n) is 5.47. The lowest BCUT2D eigenvalue weighted by Gasteiger charge is -2.28. The molecule has 0 radical (unpaired) electrons. The molecule has 0 saturated heterocycles. The Hall–Kier alpha value is -1.39. The van der Waals surface area contributed by atoms with Gasteiger partial charge < -0.3 is 5.11 Å². The molecule has 5 heteroatoms. The van der Waals surface area contributed by atoms with Gasteiger partial charge in [0.05, 0.1) is 11.7 Å². The van der Waals surface area contributed by atoms with Crippen molar-refractivity contribution in [3.8, 4) is 0 Å². The molecule has 1 fully saturated rings. The van der Waals surface area contributed by atoms with Gasteiger partial charge in [0, 0.05) is 0 Å². The number of rotatable bonds is 5. The van der Waals surface area contributed by atoms with Crippen LogP contribution in [0.25, 0.3) is 0 Å². The summed E-state index contributed by atoms with van der Waals surface area (Å²) in [4.78, 5) is 11.2. The maximum atomic E-state index is 11.2. The van der Waals surface area contributed by atoms with Crippen LogP contribution in [-0.2, 0) is 6.42 Å². The van der Waals surface area contributed by atoms with Gasteiger partial charge in [0.2, 0.25) is 0 Å². The molecule has 1 aromatic rings. The van der Waals surface area contributed by atoms with E-state index >= 15 is 0 Å². The Morgan fingerprint density at radius 2 is 2.00 bits per heavy atom. The lowest BCUT2D eigenvalue weighted by Crippen LogP contribution is -2.21. The molecule has 1 saturated carbocycles. The second kappa shape index (κ2) is 6.17. The number of hydrogen-bond donors (Lipinski definition) is 1. The minimum atomic E-state index is -0.961. The minimum absolute atomic E-state index is 0.138. The molecule has 1 aromatic heterocycles. The van der Waals surface area contributed by atoms with Crippen LogP contribution in [0, 0.1) is 5.92 Å². The van der Waals surface area contributed by atoms with Gasteiger partial charge in [-0.25, -0.2) is 9.48 Å². The first kappa shape index (κ1) is 14.0. The van der Waals surface area contributed by atoms with Crippen molar-refractivity contribution in [1.82, 2.24) is 15.0 Å². The first-order chi connectivity index (χ1) is 9.17. The van der Waals surface area contributed by atoms with Gasteiger partial charge in [0.15, 0.2) is 5.69 Å². The van der Waals surface area contributed by atoms with Gasteiger partial charge in [0.25, 0.3) is 0 Å². The van der Waals surface area contributed by atoms with Crippen LogP contribution in [0.1, 0.15) is 74.6 Å². The van der Waals surface area contributed by atoms with Crippen LogP contribution in [0.5, 0.6) is 0 Å². The summed E-state index contributed by atoms with van der Waals surface area (Å²) in [5.74, 6) is -0.134. The fourth-order valence-electron chi connectivity index (χ4n) is 3.04. The van der Waals surface area contributed by atoms with Gasteiger partial charge in [-0.2, -0.15) is 0 Å². The Morgan fingerprint density at radius 1 is 1.32 bits per heavy atom. The maximum Gasteiger partial charge on any atom is 0.358 e. The SMILES string of the molecule is CCCc1c(C(=O)O)nnn1C1CCC(CC)CC1. The summed E-state index contributed by atoms with van der Waals surface area (Å²) in [6.07, 6.45) is 7.52. The first-order valence-corrected chi connectivity index (χ1v) is 7.34. The largest absolute Gasteiger partial charge is 0.476 e. The Balaban J connectivity index is 2.18. The number of aromatic carboxylic acids is 1. The Bertz CT molecular complexity index is 434. The number of aromatic nitrogens is 3. The summed E-state index contributed by atoms with van der Waals surface area (Å²) < 4.78 is 1.89. The highest BCUT2D eigenvalue weighted by molar-refractivity contribution is 5.86. The molecular formula is C14H23N3O2. The van der Waals surface area contributed by atoms with Crippen molar-refractivity contribution in [2.45, 2.75) is 64.8 Å². The molecule has 19 heavy (non-hydrogen) atoms. The smallest absolute Gasteiger partial charge is 0.358 e. The zero-order chi connectivity index (χ0) is 13.8. The molecule has 1 aliphatic rings. The third kappa shape index (κ3) is 2.96. The molecule has 0 spiro atoms. The predicted octanol–water partition coefficient (Wildman–Crippen LogP) is 3.07. The molecule has 0 bridgehead atoms. The first-order valence-electron chi connectivity index (χ1n) is 7.34. The molecule has 1 N–H and O–H groups in total. The summed E-state index contributed by atoms with van der Waals surface area (Å²) in [6.45, 7) is 4.29. The van der Waals surface area contributed by atoms with E-state index in [2.05, 4.69) is 24.2 Å². The highest BCUT2D eigenvalue weighted by atomic mass is 16.4. The normalized spacial score (nSPS) is 23.5. The summed E-state index contributed by atoms with van der Waals surface area (Å²) in [5.41, 5.74) is 0.939. The van der Waals surface area contributed by atoms with E-state index in [-0.39, 0.29) is 5.69 Å². The molecule has 2 rings (SSSR count). The third-order valence-corrected chi connectivity index (χ3v) is 4.22. The van der Waals surface area contributed by atoms with Gasteiger partial charge in [-0.15, -0.1) is 5.10 Å². The highest BCUT2D eigenvalue weighted by Crippen LogP contribution is 2.34. The predicted molar refractivity (Wildman–Crippen MR) is 72.3 cm³/mol. The zero-order valence-electron chi connectivity index (χ0n) is 11.8. The molecule has 0 unspecified atom stereocenters. The van der Waals surface area contributed by atoms with Crippen LogP contribution in [0.15, 0.2) is 0 Å².